The lowest BCUT2D eigenvalue weighted by Crippen LogP contribution is -2.61. The number of rotatable bonds is 4. The lowest BCUT2D eigenvalue weighted by molar-refractivity contribution is 0.590. The van der Waals surface area contributed by atoms with Gasteiger partial charge >= 0.3 is 0 Å². The Morgan fingerprint density at radius 2 is 1.00 bits per heavy atom. The molecule has 9 aromatic rings. The summed E-state index contributed by atoms with van der Waals surface area (Å²) in [6.45, 7) is 23.3. The Hall–Kier alpha value is -6.36. The fourth-order valence-electron chi connectivity index (χ4n) is 10.4. The molecule has 0 amide bonds. The van der Waals surface area contributed by atoms with Crippen LogP contribution in [-0.4, -0.2) is 6.71 Å². The van der Waals surface area contributed by atoms with Gasteiger partial charge in [0.15, 0.2) is 0 Å². The summed E-state index contributed by atoms with van der Waals surface area (Å²) in [7, 11) is 0. The van der Waals surface area contributed by atoms with Gasteiger partial charge in [-0.1, -0.05) is 172 Å². The number of fused-ring (bicyclic) bond motifs is 7. The van der Waals surface area contributed by atoms with E-state index >= 15 is 0 Å². The highest BCUT2D eigenvalue weighted by Gasteiger charge is 2.44. The highest BCUT2D eigenvalue weighted by Crippen LogP contribution is 2.49. The second-order valence-electron chi connectivity index (χ2n) is 21.5. The van der Waals surface area contributed by atoms with Crippen LogP contribution in [-0.2, 0) is 16.2 Å². The van der Waals surface area contributed by atoms with Crippen LogP contribution >= 0.6 is 11.3 Å². The number of aryl methyl sites for hydroxylation is 1. The first kappa shape index (κ1) is 41.4. The molecule has 0 radical (unpaired) electrons. The van der Waals surface area contributed by atoms with E-state index in [0.29, 0.717) is 0 Å². The number of thiophene rings is 1. The Morgan fingerprint density at radius 3 is 1.71 bits per heavy atom. The second kappa shape index (κ2) is 14.8. The minimum atomic E-state index is -0.0353. The maximum absolute atomic E-state index is 2.62. The molecule has 0 saturated carbocycles. The van der Waals surface area contributed by atoms with Gasteiger partial charge in [0.05, 0.1) is 5.69 Å². The van der Waals surface area contributed by atoms with Crippen molar-refractivity contribution in [3.63, 3.8) is 0 Å². The first-order valence-corrected chi connectivity index (χ1v) is 24.1. The van der Waals surface area contributed by atoms with Gasteiger partial charge in [0.2, 0.25) is 0 Å². The van der Waals surface area contributed by atoms with Gasteiger partial charge < -0.3 is 9.80 Å². The van der Waals surface area contributed by atoms with Gasteiger partial charge in [-0.3, -0.25) is 0 Å². The van der Waals surface area contributed by atoms with E-state index in [1.54, 1.807) is 0 Å². The summed E-state index contributed by atoms with van der Waals surface area (Å²) in [5.74, 6) is 0. The zero-order chi connectivity index (χ0) is 45.2. The van der Waals surface area contributed by atoms with E-state index in [-0.39, 0.29) is 23.0 Å². The predicted octanol–water partition coefficient (Wildman–Crippen LogP) is 15.7. The Balaban J connectivity index is 1.17. The molecule has 2 nitrogen and oxygen atoms in total. The van der Waals surface area contributed by atoms with Crippen LogP contribution in [0.2, 0.25) is 0 Å². The third kappa shape index (κ3) is 6.83. The van der Waals surface area contributed by atoms with Crippen molar-refractivity contribution in [1.82, 2.24) is 0 Å². The van der Waals surface area contributed by atoms with E-state index in [2.05, 4.69) is 243 Å². The molecule has 2 aliphatic heterocycles. The molecule has 0 N–H and O–H groups in total. The molecule has 320 valence electrons. The molecule has 0 unspecified atom stereocenters. The molecule has 3 heterocycles. The fourth-order valence-corrected chi connectivity index (χ4v) is 11.7. The molecule has 65 heavy (non-hydrogen) atoms. The maximum Gasteiger partial charge on any atom is 0.252 e. The zero-order valence-corrected chi connectivity index (χ0v) is 40.3. The minimum absolute atomic E-state index is 0.0101. The van der Waals surface area contributed by atoms with Crippen molar-refractivity contribution in [2.24, 2.45) is 0 Å². The van der Waals surface area contributed by atoms with Crippen LogP contribution in [0.3, 0.4) is 0 Å². The number of hydrogen-bond donors (Lipinski definition) is 0. The van der Waals surface area contributed by atoms with Crippen LogP contribution in [0.15, 0.2) is 164 Å². The van der Waals surface area contributed by atoms with Crippen molar-refractivity contribution >= 4 is 88.7 Å². The molecule has 0 bridgehead atoms. The largest absolute Gasteiger partial charge is 0.311 e. The quantitative estimate of drug-likeness (QED) is 0.163. The molecule has 0 saturated heterocycles. The molecule has 2 aliphatic rings. The molecule has 11 rings (SSSR count). The molecule has 8 aromatic carbocycles. The highest BCUT2D eigenvalue weighted by atomic mass is 32.1. The van der Waals surface area contributed by atoms with Gasteiger partial charge in [-0.15, -0.1) is 11.3 Å². The molecule has 4 heteroatoms. The van der Waals surface area contributed by atoms with Crippen LogP contribution < -0.4 is 26.2 Å². The molecule has 0 fully saturated rings. The smallest absolute Gasteiger partial charge is 0.252 e. The molecule has 1 aromatic heterocycles. The van der Waals surface area contributed by atoms with E-state index in [4.69, 9.17) is 0 Å². The lowest BCUT2D eigenvalue weighted by Gasteiger charge is -2.45. The Morgan fingerprint density at radius 1 is 0.415 bits per heavy atom. The van der Waals surface area contributed by atoms with Crippen molar-refractivity contribution in [2.75, 3.05) is 9.80 Å². The molecule has 0 atom stereocenters. The summed E-state index contributed by atoms with van der Waals surface area (Å²) < 4.78 is 2.67. The van der Waals surface area contributed by atoms with Crippen molar-refractivity contribution in [2.45, 2.75) is 85.5 Å². The Bertz CT molecular complexity index is 3340. The summed E-state index contributed by atoms with van der Waals surface area (Å²) >= 11 is 1.89. The summed E-state index contributed by atoms with van der Waals surface area (Å²) in [4.78, 5) is 5.18. The van der Waals surface area contributed by atoms with Crippen molar-refractivity contribution in [3.05, 3.63) is 186 Å². The molecule has 0 spiro atoms. The van der Waals surface area contributed by atoms with Crippen molar-refractivity contribution < 1.29 is 0 Å². The van der Waals surface area contributed by atoms with E-state index in [0.717, 1.165) is 5.69 Å². The SMILES string of the molecule is Cc1cc2c3c(c1)N(c1ccc(C(C)(C)C)cc1-c1ccccc1)c1cc(C(C)(C)C)ccc1B3c1cc(C(C)(C)C)ccc1N2c1ccc(-c2cccc3c2sc2ccccc23)cc1. The molecular formula is C61H57BN2S. The fraction of sp³-hybridized carbons (Fsp3) is 0.213. The maximum atomic E-state index is 2.62. The number of hydrogen-bond acceptors (Lipinski definition) is 3. The summed E-state index contributed by atoms with van der Waals surface area (Å²) in [6.07, 6.45) is 0. The summed E-state index contributed by atoms with van der Waals surface area (Å²) in [5, 5.41) is 2.66. The number of nitrogens with zero attached hydrogens (tertiary/aromatic N) is 2. The zero-order valence-electron chi connectivity index (χ0n) is 39.5. The first-order valence-electron chi connectivity index (χ1n) is 23.3. The van der Waals surface area contributed by atoms with Crippen molar-refractivity contribution in [1.29, 1.82) is 0 Å². The van der Waals surface area contributed by atoms with E-state index in [9.17, 15) is 0 Å². The second-order valence-corrected chi connectivity index (χ2v) is 22.6. The summed E-state index contributed by atoms with van der Waals surface area (Å²) in [6, 6.07) is 62.7. The summed E-state index contributed by atoms with van der Waals surface area (Å²) in [5.41, 5.74) is 21.5. The normalized spacial score (nSPS) is 13.6. The van der Waals surface area contributed by atoms with Gasteiger partial charge in [-0.2, -0.15) is 0 Å². The van der Waals surface area contributed by atoms with Crippen molar-refractivity contribution in [3.8, 4) is 22.3 Å². The highest BCUT2D eigenvalue weighted by molar-refractivity contribution is 7.26. The van der Waals surface area contributed by atoms with Gasteiger partial charge in [-0.25, -0.2) is 0 Å². The molecular weight excluding hydrogens is 804 g/mol. The van der Waals surface area contributed by atoms with Crippen LogP contribution in [0.1, 0.15) is 84.6 Å². The average molecular weight is 861 g/mol. The third-order valence-corrected chi connectivity index (χ3v) is 15.2. The van der Waals surface area contributed by atoms with Crippen LogP contribution in [0.25, 0.3) is 42.4 Å². The lowest BCUT2D eigenvalue weighted by atomic mass is 9.33. The molecule has 0 aliphatic carbocycles. The Kier molecular flexibility index (Phi) is 9.44. The van der Waals surface area contributed by atoms with Crippen LogP contribution in [0.5, 0.6) is 0 Å². The van der Waals surface area contributed by atoms with E-state index in [1.165, 1.54) is 110 Å². The monoisotopic (exact) mass is 860 g/mol. The first-order chi connectivity index (χ1) is 31.0. The standard InChI is InChI=1S/C61H57BN2S/c1-38-33-54-57-55(34-38)64(51-31-26-41(59(2,3)4)35-48(51)39-17-12-11-13-18-39)53-37-43(61(8,9)10)25-30-49(53)62(57)50-36-42(60(5,6)7)27-32-52(50)63(54)44-28-23-40(24-29-44)45-20-16-21-47-46-19-14-15-22-56(46)65-58(45)47/h11-37H,1-10H3. The number of benzene rings is 8. The average Bonchev–Trinajstić information content (AvgIpc) is 3.67. The third-order valence-electron chi connectivity index (χ3n) is 14.0. The van der Waals surface area contributed by atoms with E-state index in [1.807, 2.05) is 11.3 Å². The van der Waals surface area contributed by atoms with Gasteiger partial charge in [0, 0.05) is 54.2 Å². The van der Waals surface area contributed by atoms with Crippen LogP contribution in [0.4, 0.5) is 34.1 Å². The van der Waals surface area contributed by atoms with Gasteiger partial charge in [0.25, 0.3) is 6.71 Å². The van der Waals surface area contributed by atoms with Crippen LogP contribution in [0, 0.1) is 6.92 Å². The van der Waals surface area contributed by atoms with Gasteiger partial charge in [0.1, 0.15) is 0 Å². The Labute approximate surface area is 390 Å². The number of anilines is 6. The topological polar surface area (TPSA) is 6.48 Å². The predicted molar refractivity (Wildman–Crippen MR) is 285 cm³/mol. The van der Waals surface area contributed by atoms with Gasteiger partial charge in [-0.05, 0) is 133 Å². The van der Waals surface area contributed by atoms with E-state index < -0.39 is 0 Å². The minimum Gasteiger partial charge on any atom is -0.311 e.